The van der Waals surface area contributed by atoms with Crippen molar-refractivity contribution in [2.24, 2.45) is 0 Å². The minimum absolute atomic E-state index is 0.0668. The van der Waals surface area contributed by atoms with Crippen molar-refractivity contribution in [2.75, 3.05) is 13.2 Å². The highest BCUT2D eigenvalue weighted by molar-refractivity contribution is 5.71. The Hall–Kier alpha value is -2.89. The monoisotopic (exact) mass is 1080 g/mol. The molecule has 0 spiro atoms. The number of carbonyl (C=O) groups excluding carboxylic acids is 3. The molecule has 0 aliphatic carbocycles. The molecule has 1 atom stereocenters. The SMILES string of the molecule is CC/C=C\C/C=C\C/C=C\C/C=C\C/C=C\CCCCCCCCCCCCCCCCCC(=O)OCC(COC(=O)CCCCCCCCCCCCCCCC)OC(=O)CCCCCCCCCCCCCCCC. The lowest BCUT2D eigenvalue weighted by atomic mass is 10.0. The fourth-order valence-electron chi connectivity index (χ4n) is 10.0. The lowest BCUT2D eigenvalue weighted by molar-refractivity contribution is -0.167. The third-order valence-electron chi connectivity index (χ3n) is 15.0. The Kier molecular flexibility index (Phi) is 63.2. The first kappa shape index (κ1) is 74.1. The molecule has 0 bridgehead atoms. The van der Waals surface area contributed by atoms with E-state index in [0.29, 0.717) is 19.3 Å². The zero-order valence-corrected chi connectivity index (χ0v) is 51.5. The number of carbonyl (C=O) groups is 3. The second kappa shape index (κ2) is 65.6. The van der Waals surface area contributed by atoms with Crippen LogP contribution in [0.25, 0.3) is 0 Å². The Morgan fingerprint density at radius 2 is 0.506 bits per heavy atom. The maximum absolute atomic E-state index is 12.9. The van der Waals surface area contributed by atoms with Crippen molar-refractivity contribution in [3.05, 3.63) is 60.8 Å². The minimum atomic E-state index is -0.769. The van der Waals surface area contributed by atoms with Gasteiger partial charge in [0.15, 0.2) is 6.10 Å². The first-order valence-electron chi connectivity index (χ1n) is 33.8. The Balaban J connectivity index is 4.16. The highest BCUT2D eigenvalue weighted by Gasteiger charge is 2.19. The number of rotatable bonds is 62. The van der Waals surface area contributed by atoms with Crippen molar-refractivity contribution in [2.45, 2.75) is 361 Å². The highest BCUT2D eigenvalue weighted by atomic mass is 16.6. The Morgan fingerprint density at radius 1 is 0.273 bits per heavy atom. The van der Waals surface area contributed by atoms with Gasteiger partial charge in [-0.25, -0.2) is 0 Å². The fraction of sp³-hybridized carbons (Fsp3) is 0.817. The van der Waals surface area contributed by atoms with Gasteiger partial charge in [-0.1, -0.05) is 332 Å². The Morgan fingerprint density at radius 3 is 0.792 bits per heavy atom. The van der Waals surface area contributed by atoms with Crippen LogP contribution in [0.3, 0.4) is 0 Å². The molecule has 0 aliphatic heterocycles. The summed E-state index contributed by atoms with van der Waals surface area (Å²) in [7, 11) is 0. The van der Waals surface area contributed by atoms with Crippen LogP contribution in [0, 0.1) is 0 Å². The van der Waals surface area contributed by atoms with Gasteiger partial charge in [0.2, 0.25) is 0 Å². The molecule has 0 aromatic rings. The maximum atomic E-state index is 12.9. The van der Waals surface area contributed by atoms with Crippen molar-refractivity contribution < 1.29 is 28.6 Å². The smallest absolute Gasteiger partial charge is 0.306 e. The summed E-state index contributed by atoms with van der Waals surface area (Å²) in [6, 6.07) is 0. The first-order chi connectivity index (χ1) is 38.0. The molecule has 0 radical (unpaired) electrons. The molecule has 0 rings (SSSR count). The molecule has 0 fully saturated rings. The largest absolute Gasteiger partial charge is 0.462 e. The number of allylic oxidation sites excluding steroid dienone is 10. The lowest BCUT2D eigenvalue weighted by Gasteiger charge is -2.18. The second-order valence-corrected chi connectivity index (χ2v) is 22.7. The minimum Gasteiger partial charge on any atom is -0.462 e. The van der Waals surface area contributed by atoms with Crippen LogP contribution >= 0.6 is 0 Å². The van der Waals surface area contributed by atoms with Crippen LogP contribution in [0.15, 0.2) is 60.8 Å². The molecule has 0 aliphatic rings. The van der Waals surface area contributed by atoms with Crippen LogP contribution in [0.2, 0.25) is 0 Å². The van der Waals surface area contributed by atoms with E-state index in [2.05, 4.69) is 81.5 Å². The molecule has 0 heterocycles. The van der Waals surface area contributed by atoms with E-state index in [9.17, 15) is 14.4 Å². The quantitative estimate of drug-likeness (QED) is 0.0261. The van der Waals surface area contributed by atoms with Crippen molar-refractivity contribution in [1.82, 2.24) is 0 Å². The van der Waals surface area contributed by atoms with E-state index in [0.717, 1.165) is 89.9 Å². The van der Waals surface area contributed by atoms with Crippen LogP contribution in [-0.4, -0.2) is 37.2 Å². The van der Waals surface area contributed by atoms with Gasteiger partial charge in [0.25, 0.3) is 0 Å². The van der Waals surface area contributed by atoms with Crippen LogP contribution in [0.5, 0.6) is 0 Å². The third kappa shape index (κ3) is 63.8. The first-order valence-corrected chi connectivity index (χ1v) is 33.8. The van der Waals surface area contributed by atoms with E-state index in [-0.39, 0.29) is 31.1 Å². The van der Waals surface area contributed by atoms with Crippen molar-refractivity contribution in [3.8, 4) is 0 Å². The molecule has 1 unspecified atom stereocenters. The van der Waals surface area contributed by atoms with E-state index in [1.54, 1.807) is 0 Å². The molecule has 448 valence electrons. The normalized spacial score (nSPS) is 12.4. The van der Waals surface area contributed by atoms with Crippen molar-refractivity contribution in [1.29, 1.82) is 0 Å². The van der Waals surface area contributed by atoms with Gasteiger partial charge >= 0.3 is 17.9 Å². The molecule has 6 heteroatoms. The van der Waals surface area contributed by atoms with Crippen LogP contribution in [0.4, 0.5) is 0 Å². The summed E-state index contributed by atoms with van der Waals surface area (Å²) in [5.74, 6) is -0.843. The van der Waals surface area contributed by atoms with Crippen LogP contribution in [-0.2, 0) is 28.6 Å². The molecular weight excluding hydrogens is 949 g/mol. The summed E-state index contributed by atoms with van der Waals surface area (Å²) in [5.41, 5.74) is 0. The molecular formula is C71H128O6. The summed E-state index contributed by atoms with van der Waals surface area (Å²) in [4.78, 5) is 38.3. The van der Waals surface area contributed by atoms with Gasteiger partial charge in [-0.2, -0.15) is 0 Å². The molecule has 0 saturated heterocycles. The summed E-state index contributed by atoms with van der Waals surface area (Å²) in [6.07, 6.45) is 83.8. The summed E-state index contributed by atoms with van der Waals surface area (Å²) >= 11 is 0. The van der Waals surface area contributed by atoms with Gasteiger partial charge in [0, 0.05) is 19.3 Å². The predicted molar refractivity (Wildman–Crippen MR) is 335 cm³/mol. The van der Waals surface area contributed by atoms with Crippen molar-refractivity contribution >= 4 is 17.9 Å². The number of esters is 3. The van der Waals surface area contributed by atoms with Crippen LogP contribution < -0.4 is 0 Å². The summed E-state index contributed by atoms with van der Waals surface area (Å²) in [6.45, 7) is 6.58. The van der Waals surface area contributed by atoms with E-state index < -0.39 is 6.10 Å². The Labute approximate surface area is 479 Å². The number of ether oxygens (including phenoxy) is 3. The predicted octanol–water partition coefficient (Wildman–Crippen LogP) is 23.1. The van der Waals surface area contributed by atoms with E-state index >= 15 is 0 Å². The zero-order chi connectivity index (χ0) is 55.7. The van der Waals surface area contributed by atoms with Crippen LogP contribution in [0.1, 0.15) is 355 Å². The van der Waals surface area contributed by atoms with E-state index in [1.807, 2.05) is 0 Å². The highest BCUT2D eigenvalue weighted by Crippen LogP contribution is 2.18. The Bertz CT molecular complexity index is 1380. The fourth-order valence-corrected chi connectivity index (χ4v) is 10.0. The average Bonchev–Trinajstić information content (AvgIpc) is 3.43. The van der Waals surface area contributed by atoms with Crippen molar-refractivity contribution in [3.63, 3.8) is 0 Å². The van der Waals surface area contributed by atoms with Gasteiger partial charge in [0.1, 0.15) is 13.2 Å². The zero-order valence-electron chi connectivity index (χ0n) is 51.5. The molecule has 0 saturated carbocycles. The molecule has 0 aromatic carbocycles. The van der Waals surface area contributed by atoms with Gasteiger partial charge in [-0.05, 0) is 64.2 Å². The van der Waals surface area contributed by atoms with Gasteiger partial charge in [-0.3, -0.25) is 14.4 Å². The summed E-state index contributed by atoms with van der Waals surface area (Å²) in [5, 5.41) is 0. The average molecular weight is 1080 g/mol. The molecule has 6 nitrogen and oxygen atoms in total. The van der Waals surface area contributed by atoms with Gasteiger partial charge < -0.3 is 14.2 Å². The third-order valence-corrected chi connectivity index (χ3v) is 15.0. The van der Waals surface area contributed by atoms with Gasteiger partial charge in [0.05, 0.1) is 0 Å². The molecule has 0 aromatic heterocycles. The van der Waals surface area contributed by atoms with Gasteiger partial charge in [-0.15, -0.1) is 0 Å². The standard InChI is InChI=1S/C71H128O6/c1-4-7-10-13-16-19-22-25-28-29-30-31-32-33-34-35-36-37-38-39-40-41-42-43-44-47-49-52-55-58-61-64-70(73)76-67-68(77-71(74)65-62-59-56-53-50-46-27-24-21-18-15-12-9-6-3)66-75-69(72)63-60-57-54-51-48-45-26-23-20-17-14-11-8-5-2/h7,10,16,19,25,28,30-31,33-34,68H,4-6,8-9,11-15,17-18,20-24,26-27,29,32,35-67H2,1-3H3/b10-7-,19-16-,28-25-,31-30-,34-33-. The number of hydrogen-bond acceptors (Lipinski definition) is 6. The number of unbranched alkanes of at least 4 members (excludes halogenated alkanes) is 41. The maximum Gasteiger partial charge on any atom is 0.306 e. The topological polar surface area (TPSA) is 78.9 Å². The number of hydrogen-bond donors (Lipinski definition) is 0. The molecule has 77 heavy (non-hydrogen) atoms. The summed E-state index contributed by atoms with van der Waals surface area (Å²) < 4.78 is 17.0. The molecule has 0 N–H and O–H groups in total. The van der Waals surface area contributed by atoms with E-state index in [4.69, 9.17) is 14.2 Å². The second-order valence-electron chi connectivity index (χ2n) is 22.7. The van der Waals surface area contributed by atoms with E-state index in [1.165, 1.54) is 225 Å². The lowest BCUT2D eigenvalue weighted by Crippen LogP contribution is -2.30. The molecule has 0 amide bonds.